The molecular formula is C18H46O4SSi4. The van der Waals surface area contributed by atoms with Crippen LogP contribution in [-0.2, 0) is 23.1 Å². The summed E-state index contributed by atoms with van der Waals surface area (Å²) in [4.78, 5) is 0. The van der Waals surface area contributed by atoms with Gasteiger partial charge in [-0.25, -0.2) is 0 Å². The van der Waals surface area contributed by atoms with Gasteiger partial charge in [-0.1, -0.05) is 51.9 Å². The van der Waals surface area contributed by atoms with Gasteiger partial charge in [-0.05, 0) is 45.7 Å². The standard InChI is InChI=1S/C18H46O4SSi4/c1-9-10-11-12-13-14-15-16-18(17-23(2)19)27(20-24(3)4,21-25(5)6)22-26(7)8/h18,24-26H,9-17H2,1-8H3. The molecule has 0 rings (SSSR count). The van der Waals surface area contributed by atoms with Crippen LogP contribution in [0.3, 0.4) is 0 Å². The third-order valence-electron chi connectivity index (χ3n) is 4.29. The summed E-state index contributed by atoms with van der Waals surface area (Å²) >= 11 is 0. The van der Waals surface area contributed by atoms with Crippen LogP contribution in [0.1, 0.15) is 58.3 Å². The van der Waals surface area contributed by atoms with E-state index in [9.17, 15) is 4.21 Å². The summed E-state index contributed by atoms with van der Waals surface area (Å²) in [6.45, 7) is 15.5. The van der Waals surface area contributed by atoms with Gasteiger partial charge in [-0.2, -0.15) is 0 Å². The lowest BCUT2D eigenvalue weighted by atomic mass is 10.1. The van der Waals surface area contributed by atoms with Crippen molar-refractivity contribution in [3.05, 3.63) is 0 Å². The number of hydrogen-bond donors (Lipinski definition) is 0. The van der Waals surface area contributed by atoms with Crippen molar-refractivity contribution in [2.45, 2.75) is 103 Å². The minimum atomic E-state index is -2.77. The van der Waals surface area contributed by atoms with Crippen molar-refractivity contribution in [3.8, 4) is 0 Å². The fourth-order valence-corrected chi connectivity index (χ4v) is 18.5. The van der Waals surface area contributed by atoms with Crippen LogP contribution in [-0.4, -0.2) is 52.1 Å². The van der Waals surface area contributed by atoms with Gasteiger partial charge in [0, 0.05) is 28.3 Å². The smallest absolute Gasteiger partial charge is 0.420 e. The quantitative estimate of drug-likeness (QED) is 0.226. The maximum Gasteiger partial charge on any atom is 0.473 e. The first-order valence-corrected chi connectivity index (χ1v) is 22.8. The highest BCUT2D eigenvalue weighted by molar-refractivity contribution is 7.84. The highest BCUT2D eigenvalue weighted by atomic mass is 32.2. The van der Waals surface area contributed by atoms with Crippen LogP contribution in [0.5, 0.6) is 0 Å². The Morgan fingerprint density at radius 3 is 1.56 bits per heavy atom. The van der Waals surface area contributed by atoms with Crippen molar-refractivity contribution in [2.75, 3.05) is 12.0 Å². The molecule has 0 aromatic rings. The summed E-state index contributed by atoms with van der Waals surface area (Å²) in [5, 5.41) is 0. The molecule has 0 bridgehead atoms. The van der Waals surface area contributed by atoms with Crippen LogP contribution in [0.25, 0.3) is 0 Å². The molecule has 0 aliphatic heterocycles. The lowest BCUT2D eigenvalue weighted by Crippen LogP contribution is -2.57. The van der Waals surface area contributed by atoms with E-state index in [0.29, 0.717) is 5.75 Å². The van der Waals surface area contributed by atoms with Crippen LogP contribution in [0.4, 0.5) is 0 Å². The van der Waals surface area contributed by atoms with Crippen molar-refractivity contribution in [2.24, 2.45) is 0 Å². The number of hydrogen-bond acceptors (Lipinski definition) is 4. The Bertz CT molecular complexity index is 371. The monoisotopic (exact) mass is 470 g/mol. The zero-order valence-electron chi connectivity index (χ0n) is 19.2. The van der Waals surface area contributed by atoms with Gasteiger partial charge in [0.05, 0.1) is 0 Å². The summed E-state index contributed by atoms with van der Waals surface area (Å²) in [5.41, 5.74) is 0.193. The van der Waals surface area contributed by atoms with Gasteiger partial charge in [0.25, 0.3) is 0 Å². The maximum atomic E-state index is 12.2. The van der Waals surface area contributed by atoms with E-state index in [4.69, 9.17) is 12.3 Å². The van der Waals surface area contributed by atoms with Gasteiger partial charge in [0.1, 0.15) is 0 Å². The van der Waals surface area contributed by atoms with Gasteiger partial charge in [-0.15, -0.1) is 0 Å². The Morgan fingerprint density at radius 1 is 0.778 bits per heavy atom. The van der Waals surface area contributed by atoms with E-state index in [0.717, 1.165) is 12.8 Å². The van der Waals surface area contributed by atoms with Crippen molar-refractivity contribution in [3.63, 3.8) is 0 Å². The molecule has 0 saturated heterocycles. The highest BCUT2D eigenvalue weighted by Crippen LogP contribution is 2.34. The van der Waals surface area contributed by atoms with Gasteiger partial charge in [0.2, 0.25) is 0 Å². The summed E-state index contributed by atoms with van der Waals surface area (Å²) in [6.07, 6.45) is 11.9. The lowest BCUT2D eigenvalue weighted by molar-refractivity contribution is 0.249. The van der Waals surface area contributed by atoms with Crippen LogP contribution in [0.2, 0.25) is 44.8 Å². The Balaban J connectivity index is 5.18. The Kier molecular flexibility index (Phi) is 16.2. The topological polar surface area (TPSA) is 44.8 Å². The summed E-state index contributed by atoms with van der Waals surface area (Å²) in [7, 11) is -7.58. The molecular weight excluding hydrogens is 425 g/mol. The van der Waals surface area contributed by atoms with Crippen molar-refractivity contribution in [1.29, 1.82) is 0 Å². The van der Waals surface area contributed by atoms with Crippen molar-refractivity contribution < 1.29 is 16.6 Å². The zero-order valence-corrected chi connectivity index (χ0v) is 24.5. The van der Waals surface area contributed by atoms with Crippen LogP contribution < -0.4 is 0 Å². The van der Waals surface area contributed by atoms with Crippen LogP contribution >= 0.6 is 0 Å². The molecule has 0 fully saturated rings. The molecule has 0 radical (unpaired) electrons. The molecule has 9 heteroatoms. The zero-order chi connectivity index (χ0) is 20.9. The largest absolute Gasteiger partial charge is 0.473 e. The van der Waals surface area contributed by atoms with E-state index in [2.05, 4.69) is 46.2 Å². The van der Waals surface area contributed by atoms with E-state index < -0.39 is 46.7 Å². The van der Waals surface area contributed by atoms with Gasteiger partial charge in [0.15, 0.2) is 27.1 Å². The second-order valence-electron chi connectivity index (χ2n) is 8.45. The second kappa shape index (κ2) is 15.7. The first kappa shape index (κ1) is 27.9. The molecule has 2 unspecified atom stereocenters. The van der Waals surface area contributed by atoms with Crippen molar-refractivity contribution >= 4 is 46.7 Å². The molecule has 0 aromatic heterocycles. The second-order valence-corrected chi connectivity index (χ2v) is 21.1. The molecule has 0 heterocycles. The molecule has 0 aliphatic rings. The molecule has 2 atom stereocenters. The highest BCUT2D eigenvalue weighted by Gasteiger charge is 2.50. The maximum absolute atomic E-state index is 12.2. The first-order chi connectivity index (χ1) is 12.6. The third-order valence-corrected chi connectivity index (χ3v) is 16.6. The molecule has 4 nitrogen and oxygen atoms in total. The first-order valence-electron chi connectivity index (χ1n) is 11.0. The lowest BCUT2D eigenvalue weighted by Gasteiger charge is -2.40. The summed E-state index contributed by atoms with van der Waals surface area (Å²) in [5.74, 6) is 0.658. The van der Waals surface area contributed by atoms with E-state index in [-0.39, 0.29) is 5.54 Å². The Hall–Kier alpha value is 0.898. The number of rotatable bonds is 17. The van der Waals surface area contributed by atoms with E-state index in [1.807, 2.05) is 6.26 Å². The SMILES string of the molecule is CCCCCCCCCC(CS(C)=O)[Si](O[SiH](C)C)(O[SiH](C)C)O[SiH](C)C. The van der Waals surface area contributed by atoms with E-state index in [1.165, 1.54) is 38.5 Å². The Morgan fingerprint density at radius 2 is 1.19 bits per heavy atom. The minimum Gasteiger partial charge on any atom is -0.420 e. The minimum absolute atomic E-state index is 0.193. The third kappa shape index (κ3) is 13.7. The van der Waals surface area contributed by atoms with Crippen LogP contribution in [0, 0.1) is 0 Å². The van der Waals surface area contributed by atoms with E-state index >= 15 is 0 Å². The molecule has 27 heavy (non-hydrogen) atoms. The van der Waals surface area contributed by atoms with E-state index in [1.54, 1.807) is 0 Å². The molecule has 0 spiro atoms. The molecule has 0 saturated carbocycles. The van der Waals surface area contributed by atoms with Gasteiger partial charge in [-0.3, -0.25) is 4.21 Å². The molecule has 0 amide bonds. The normalized spacial score (nSPS) is 15.1. The fraction of sp³-hybridized carbons (Fsp3) is 1.00. The molecule has 0 aromatic carbocycles. The molecule has 0 aliphatic carbocycles. The molecule has 0 N–H and O–H groups in total. The van der Waals surface area contributed by atoms with Gasteiger partial charge >= 0.3 is 8.80 Å². The predicted molar refractivity (Wildman–Crippen MR) is 131 cm³/mol. The summed E-state index contributed by atoms with van der Waals surface area (Å²) < 4.78 is 32.0. The fourth-order valence-electron chi connectivity index (χ4n) is 3.35. The average Bonchev–Trinajstić information content (AvgIpc) is 2.50. The predicted octanol–water partition coefficient (Wildman–Crippen LogP) is 4.81. The molecule has 164 valence electrons. The summed E-state index contributed by atoms with van der Waals surface area (Å²) in [6, 6.07) is 0. The average molecular weight is 471 g/mol. The van der Waals surface area contributed by atoms with Crippen molar-refractivity contribution in [1.82, 2.24) is 0 Å². The van der Waals surface area contributed by atoms with Gasteiger partial charge < -0.3 is 12.3 Å². The van der Waals surface area contributed by atoms with Crippen LogP contribution in [0.15, 0.2) is 0 Å². The Labute approximate surface area is 178 Å². The number of unbranched alkanes of at least 4 members (excludes halogenated alkanes) is 6.